The van der Waals surface area contributed by atoms with E-state index in [0.717, 1.165) is 17.9 Å². The van der Waals surface area contributed by atoms with Gasteiger partial charge < -0.3 is 4.42 Å². The molecule has 0 unspecified atom stereocenters. The first-order valence-corrected chi connectivity index (χ1v) is 8.30. The molecular formula is C18H18N2O2S. The van der Waals surface area contributed by atoms with Gasteiger partial charge in [0.1, 0.15) is 11.5 Å². The molecule has 2 heterocycles. The molecule has 3 rings (SSSR count). The number of carbonyl (C=O) groups excluding carboxylic acids is 1. The van der Waals surface area contributed by atoms with Crippen molar-refractivity contribution in [2.24, 2.45) is 4.99 Å². The minimum Gasteiger partial charge on any atom is -0.462 e. The Hall–Kier alpha value is -2.27. The van der Waals surface area contributed by atoms with Crippen molar-refractivity contribution in [3.05, 3.63) is 58.4 Å². The van der Waals surface area contributed by atoms with Crippen molar-refractivity contribution >= 4 is 34.6 Å². The summed E-state index contributed by atoms with van der Waals surface area (Å²) in [6.07, 6.45) is 2.67. The van der Waals surface area contributed by atoms with Gasteiger partial charge in [0.05, 0.1) is 10.6 Å². The Morgan fingerprint density at radius 2 is 2.04 bits per heavy atom. The third-order valence-corrected chi connectivity index (χ3v) is 4.69. The number of hydrogen-bond acceptors (Lipinski definition) is 4. The molecule has 1 aromatic carbocycles. The van der Waals surface area contributed by atoms with Gasteiger partial charge in [-0.1, -0.05) is 25.1 Å². The summed E-state index contributed by atoms with van der Waals surface area (Å²) in [6.45, 7) is 3.98. The van der Waals surface area contributed by atoms with E-state index in [9.17, 15) is 4.79 Å². The average molecular weight is 326 g/mol. The van der Waals surface area contributed by atoms with Crippen LogP contribution >= 0.6 is 11.8 Å². The van der Waals surface area contributed by atoms with Crippen LogP contribution in [0.4, 0.5) is 5.69 Å². The third-order valence-electron chi connectivity index (χ3n) is 3.63. The van der Waals surface area contributed by atoms with E-state index < -0.39 is 0 Å². The monoisotopic (exact) mass is 326 g/mol. The number of amidine groups is 1. The van der Waals surface area contributed by atoms with E-state index >= 15 is 0 Å². The van der Waals surface area contributed by atoms with Gasteiger partial charge in [-0.15, -0.1) is 0 Å². The lowest BCUT2D eigenvalue weighted by atomic mass is 10.1. The second-order valence-electron chi connectivity index (χ2n) is 5.30. The molecule has 1 saturated heterocycles. The lowest BCUT2D eigenvalue weighted by Gasteiger charge is -2.08. The first kappa shape index (κ1) is 15.6. The third kappa shape index (κ3) is 3.24. The van der Waals surface area contributed by atoms with Crippen molar-refractivity contribution in [1.82, 2.24) is 4.90 Å². The molecule has 0 atom stereocenters. The Morgan fingerprint density at radius 3 is 2.74 bits per heavy atom. The lowest BCUT2D eigenvalue weighted by Crippen LogP contribution is -2.23. The molecule has 0 bridgehead atoms. The van der Waals surface area contributed by atoms with Crippen LogP contribution in [0, 0.1) is 6.92 Å². The highest BCUT2D eigenvalue weighted by atomic mass is 32.2. The lowest BCUT2D eigenvalue weighted by molar-refractivity contribution is -0.121. The maximum Gasteiger partial charge on any atom is 0.266 e. The van der Waals surface area contributed by atoms with Gasteiger partial charge in [0.15, 0.2) is 5.17 Å². The zero-order chi connectivity index (χ0) is 16.4. The van der Waals surface area contributed by atoms with Crippen molar-refractivity contribution in [3.8, 4) is 0 Å². The Morgan fingerprint density at radius 1 is 1.26 bits per heavy atom. The average Bonchev–Trinajstić information content (AvgIpc) is 3.07. The van der Waals surface area contributed by atoms with E-state index in [1.165, 1.54) is 17.3 Å². The van der Waals surface area contributed by atoms with Crippen LogP contribution in [-0.2, 0) is 11.2 Å². The summed E-state index contributed by atoms with van der Waals surface area (Å²) in [5, 5.41) is 0.686. The number of para-hydroxylation sites is 1. The SMILES string of the molecule is CCc1ccccc1N=C1S/C(=C\c2ccc(C)o2)C(=O)N1C. The molecule has 1 aromatic heterocycles. The van der Waals surface area contributed by atoms with Crippen LogP contribution in [0.15, 0.2) is 50.7 Å². The highest BCUT2D eigenvalue weighted by molar-refractivity contribution is 8.18. The number of hydrogen-bond donors (Lipinski definition) is 0. The van der Waals surface area contributed by atoms with Gasteiger partial charge in [0.2, 0.25) is 0 Å². The summed E-state index contributed by atoms with van der Waals surface area (Å²) in [7, 11) is 1.75. The maximum absolute atomic E-state index is 12.4. The van der Waals surface area contributed by atoms with Crippen molar-refractivity contribution in [2.75, 3.05) is 7.05 Å². The normalized spacial score (nSPS) is 18.4. The first-order valence-electron chi connectivity index (χ1n) is 7.49. The molecule has 0 radical (unpaired) electrons. The summed E-state index contributed by atoms with van der Waals surface area (Å²) in [5.74, 6) is 1.45. The molecule has 1 fully saturated rings. The second-order valence-corrected chi connectivity index (χ2v) is 6.31. The molecule has 0 aliphatic carbocycles. The zero-order valence-corrected chi connectivity index (χ0v) is 14.2. The Bertz CT molecular complexity index is 805. The quantitative estimate of drug-likeness (QED) is 0.786. The fraction of sp³-hybridized carbons (Fsp3) is 0.222. The van der Waals surface area contributed by atoms with Crippen molar-refractivity contribution in [3.63, 3.8) is 0 Å². The number of rotatable bonds is 3. The molecular weight excluding hydrogens is 308 g/mol. The van der Waals surface area contributed by atoms with Crippen LogP contribution in [0.1, 0.15) is 24.0 Å². The molecule has 4 nitrogen and oxygen atoms in total. The first-order chi connectivity index (χ1) is 11.1. The van der Waals surface area contributed by atoms with Crippen LogP contribution < -0.4 is 0 Å². The smallest absolute Gasteiger partial charge is 0.266 e. The van der Waals surface area contributed by atoms with Crippen molar-refractivity contribution in [1.29, 1.82) is 0 Å². The number of nitrogens with zero attached hydrogens (tertiary/aromatic N) is 2. The number of likely N-dealkylation sites (N-methyl/N-ethyl adjacent to an activating group) is 1. The van der Waals surface area contributed by atoms with E-state index in [2.05, 4.69) is 18.0 Å². The molecule has 118 valence electrons. The number of thioether (sulfide) groups is 1. The Balaban J connectivity index is 1.92. The van der Waals surface area contributed by atoms with Crippen LogP contribution in [-0.4, -0.2) is 23.0 Å². The minimum atomic E-state index is -0.0585. The van der Waals surface area contributed by atoms with E-state index in [-0.39, 0.29) is 5.91 Å². The number of furan rings is 1. The standard InChI is InChI=1S/C18H18N2O2S/c1-4-13-7-5-6-8-15(13)19-18-20(3)17(21)16(23-18)11-14-10-9-12(2)22-14/h5-11H,4H2,1-3H3/b16-11-,19-18?. The number of carbonyl (C=O) groups is 1. The largest absolute Gasteiger partial charge is 0.462 e. The summed E-state index contributed by atoms with van der Waals surface area (Å²) < 4.78 is 5.52. The van der Waals surface area contributed by atoms with Gasteiger partial charge in [-0.25, -0.2) is 4.99 Å². The molecule has 0 spiro atoms. The van der Waals surface area contributed by atoms with Gasteiger partial charge in [0, 0.05) is 13.1 Å². The minimum absolute atomic E-state index is 0.0585. The molecule has 1 aliphatic heterocycles. The highest BCUT2D eigenvalue weighted by Gasteiger charge is 2.30. The number of aryl methyl sites for hydroxylation is 2. The van der Waals surface area contributed by atoms with Gasteiger partial charge in [-0.05, 0) is 48.9 Å². The van der Waals surface area contributed by atoms with Crippen LogP contribution in [0.25, 0.3) is 6.08 Å². The number of amides is 1. The van der Waals surface area contributed by atoms with Gasteiger partial charge >= 0.3 is 0 Å². The van der Waals surface area contributed by atoms with E-state index in [4.69, 9.17) is 4.42 Å². The van der Waals surface area contributed by atoms with Crippen molar-refractivity contribution in [2.45, 2.75) is 20.3 Å². The van der Waals surface area contributed by atoms with E-state index in [1.54, 1.807) is 18.0 Å². The molecule has 1 amide bonds. The predicted molar refractivity (Wildman–Crippen MR) is 94.7 cm³/mol. The van der Waals surface area contributed by atoms with E-state index in [1.807, 2.05) is 37.3 Å². The number of aliphatic imine (C=N–C) groups is 1. The van der Waals surface area contributed by atoms with Crippen molar-refractivity contribution < 1.29 is 9.21 Å². The fourth-order valence-electron chi connectivity index (χ4n) is 2.33. The maximum atomic E-state index is 12.4. The summed E-state index contributed by atoms with van der Waals surface area (Å²) >= 11 is 1.37. The molecule has 0 saturated carbocycles. The fourth-order valence-corrected chi connectivity index (χ4v) is 3.29. The van der Waals surface area contributed by atoms with Crippen LogP contribution in [0.3, 0.4) is 0 Å². The summed E-state index contributed by atoms with van der Waals surface area (Å²) in [4.78, 5) is 19.3. The van der Waals surface area contributed by atoms with Crippen LogP contribution in [0.5, 0.6) is 0 Å². The molecule has 5 heteroatoms. The summed E-state index contributed by atoms with van der Waals surface area (Å²) in [5.41, 5.74) is 2.08. The van der Waals surface area contributed by atoms with Gasteiger partial charge in [0.25, 0.3) is 5.91 Å². The molecule has 23 heavy (non-hydrogen) atoms. The van der Waals surface area contributed by atoms with Gasteiger partial charge in [-0.3, -0.25) is 9.69 Å². The molecule has 1 aliphatic rings. The van der Waals surface area contributed by atoms with Crippen LogP contribution in [0.2, 0.25) is 0 Å². The second kappa shape index (κ2) is 6.46. The summed E-state index contributed by atoms with van der Waals surface area (Å²) in [6, 6.07) is 11.7. The topological polar surface area (TPSA) is 45.8 Å². The Labute approximate surface area is 139 Å². The molecule has 2 aromatic rings. The van der Waals surface area contributed by atoms with E-state index in [0.29, 0.717) is 15.8 Å². The van der Waals surface area contributed by atoms with Gasteiger partial charge in [-0.2, -0.15) is 0 Å². The highest BCUT2D eigenvalue weighted by Crippen LogP contribution is 2.34. The predicted octanol–water partition coefficient (Wildman–Crippen LogP) is 4.38. The number of benzene rings is 1. The Kier molecular flexibility index (Phi) is 4.39. The zero-order valence-electron chi connectivity index (χ0n) is 13.4. The molecule has 0 N–H and O–H groups in total.